The SMILES string of the molecule is C=CCON=C(CCC)c1c(O)n(C)c(=O)[nH]c1=O. The van der Waals surface area contributed by atoms with Gasteiger partial charge >= 0.3 is 5.69 Å². The average Bonchev–Trinajstić information content (AvgIpc) is 2.36. The van der Waals surface area contributed by atoms with E-state index in [0.29, 0.717) is 18.6 Å². The van der Waals surface area contributed by atoms with E-state index in [4.69, 9.17) is 4.84 Å². The van der Waals surface area contributed by atoms with Crippen molar-refractivity contribution < 1.29 is 9.94 Å². The summed E-state index contributed by atoms with van der Waals surface area (Å²) in [5, 5.41) is 13.7. The summed E-state index contributed by atoms with van der Waals surface area (Å²) in [6.07, 6.45) is 2.65. The first-order valence-electron chi connectivity index (χ1n) is 5.85. The fourth-order valence-electron chi connectivity index (χ4n) is 1.49. The first kappa shape index (κ1) is 14.7. The quantitative estimate of drug-likeness (QED) is 0.339. The highest BCUT2D eigenvalue weighted by molar-refractivity contribution is 6.01. The number of aromatic amines is 1. The largest absolute Gasteiger partial charge is 0.494 e. The van der Waals surface area contributed by atoms with Gasteiger partial charge in [-0.2, -0.15) is 0 Å². The third-order valence-electron chi connectivity index (χ3n) is 2.44. The Kier molecular flexibility index (Phi) is 5.11. The molecule has 19 heavy (non-hydrogen) atoms. The van der Waals surface area contributed by atoms with Gasteiger partial charge in [0, 0.05) is 7.05 Å². The number of aromatic nitrogens is 2. The zero-order chi connectivity index (χ0) is 14.4. The number of hydrogen-bond acceptors (Lipinski definition) is 5. The molecule has 0 aliphatic carbocycles. The third-order valence-corrected chi connectivity index (χ3v) is 2.44. The van der Waals surface area contributed by atoms with Gasteiger partial charge in [0.25, 0.3) is 5.56 Å². The molecule has 0 aliphatic heterocycles. The highest BCUT2D eigenvalue weighted by Gasteiger charge is 2.17. The molecule has 0 amide bonds. The van der Waals surface area contributed by atoms with Crippen molar-refractivity contribution in [1.82, 2.24) is 9.55 Å². The maximum atomic E-state index is 11.8. The van der Waals surface area contributed by atoms with Crippen molar-refractivity contribution in [3.8, 4) is 5.88 Å². The minimum atomic E-state index is -0.686. The summed E-state index contributed by atoms with van der Waals surface area (Å²) in [6.45, 7) is 5.57. The molecule has 0 unspecified atom stereocenters. The molecule has 0 radical (unpaired) electrons. The number of hydrogen-bond donors (Lipinski definition) is 2. The van der Waals surface area contributed by atoms with Crippen LogP contribution in [0.1, 0.15) is 25.3 Å². The summed E-state index contributed by atoms with van der Waals surface area (Å²) in [7, 11) is 1.35. The number of aromatic hydroxyl groups is 1. The molecule has 0 bridgehead atoms. The third kappa shape index (κ3) is 3.34. The molecule has 1 rings (SSSR count). The van der Waals surface area contributed by atoms with Crippen LogP contribution in [0.25, 0.3) is 0 Å². The lowest BCUT2D eigenvalue weighted by Crippen LogP contribution is -2.32. The van der Waals surface area contributed by atoms with Gasteiger partial charge in [0.15, 0.2) is 0 Å². The molecule has 7 heteroatoms. The van der Waals surface area contributed by atoms with Crippen LogP contribution in [0.2, 0.25) is 0 Å². The number of H-pyrrole nitrogens is 1. The Bertz CT molecular complexity index is 598. The Labute approximate surface area is 109 Å². The van der Waals surface area contributed by atoms with E-state index in [0.717, 1.165) is 4.57 Å². The summed E-state index contributed by atoms with van der Waals surface area (Å²) >= 11 is 0. The van der Waals surface area contributed by atoms with Crippen LogP contribution in [0, 0.1) is 0 Å². The van der Waals surface area contributed by atoms with Crippen molar-refractivity contribution in [2.45, 2.75) is 19.8 Å². The second-order valence-corrected chi connectivity index (χ2v) is 3.89. The standard InChI is InChI=1S/C12H17N3O4/c1-4-6-8(14-19-7-5-2)9-10(16)13-12(18)15(3)11(9)17/h5,17H,2,4,6-7H2,1,3H3,(H,13,16,18). The fraction of sp³-hybridized carbons (Fsp3) is 0.417. The van der Waals surface area contributed by atoms with E-state index in [-0.39, 0.29) is 12.2 Å². The fourth-order valence-corrected chi connectivity index (χ4v) is 1.49. The van der Waals surface area contributed by atoms with E-state index >= 15 is 0 Å². The van der Waals surface area contributed by atoms with Crippen molar-refractivity contribution in [2.24, 2.45) is 12.2 Å². The summed E-state index contributed by atoms with van der Waals surface area (Å²) in [5.74, 6) is -0.428. The lowest BCUT2D eigenvalue weighted by molar-refractivity contribution is 0.174. The maximum absolute atomic E-state index is 11.8. The molecule has 0 atom stereocenters. The summed E-state index contributed by atoms with van der Waals surface area (Å²) in [6, 6.07) is 0. The van der Waals surface area contributed by atoms with Crippen LogP contribution in [0.15, 0.2) is 27.4 Å². The smallest absolute Gasteiger partial charge is 0.330 e. The topological polar surface area (TPSA) is 96.7 Å². The van der Waals surface area contributed by atoms with Crippen molar-refractivity contribution >= 4 is 5.71 Å². The summed E-state index contributed by atoms with van der Waals surface area (Å²) < 4.78 is 0.940. The molecule has 0 aromatic carbocycles. The van der Waals surface area contributed by atoms with Crippen molar-refractivity contribution in [3.05, 3.63) is 39.1 Å². The number of rotatable bonds is 6. The molecule has 2 N–H and O–H groups in total. The van der Waals surface area contributed by atoms with Gasteiger partial charge in [-0.3, -0.25) is 14.3 Å². The lowest BCUT2D eigenvalue weighted by atomic mass is 10.1. The van der Waals surface area contributed by atoms with Crippen molar-refractivity contribution in [3.63, 3.8) is 0 Å². The second-order valence-electron chi connectivity index (χ2n) is 3.89. The Morgan fingerprint density at radius 3 is 2.84 bits per heavy atom. The van der Waals surface area contributed by atoms with Gasteiger partial charge in [0.2, 0.25) is 5.88 Å². The molecule has 7 nitrogen and oxygen atoms in total. The van der Waals surface area contributed by atoms with Gasteiger partial charge in [-0.05, 0) is 6.42 Å². The van der Waals surface area contributed by atoms with E-state index in [9.17, 15) is 14.7 Å². The highest BCUT2D eigenvalue weighted by atomic mass is 16.6. The second kappa shape index (κ2) is 6.58. The molecule has 1 heterocycles. The zero-order valence-corrected chi connectivity index (χ0v) is 11.0. The first-order chi connectivity index (χ1) is 9.02. The molecular weight excluding hydrogens is 250 g/mol. The Morgan fingerprint density at radius 2 is 2.26 bits per heavy atom. The van der Waals surface area contributed by atoms with Crippen LogP contribution in [0.4, 0.5) is 0 Å². The number of nitrogens with one attached hydrogen (secondary N) is 1. The predicted molar refractivity (Wildman–Crippen MR) is 71.6 cm³/mol. The van der Waals surface area contributed by atoms with Crippen molar-refractivity contribution in [2.75, 3.05) is 6.61 Å². The minimum Gasteiger partial charge on any atom is -0.494 e. The van der Waals surface area contributed by atoms with E-state index in [1.807, 2.05) is 6.92 Å². The Hall–Kier alpha value is -2.31. The maximum Gasteiger partial charge on any atom is 0.330 e. The minimum absolute atomic E-state index is 0.0481. The monoisotopic (exact) mass is 267 g/mol. The Balaban J connectivity index is 3.34. The van der Waals surface area contributed by atoms with Gasteiger partial charge in [0.1, 0.15) is 12.2 Å². The molecule has 0 saturated heterocycles. The van der Waals surface area contributed by atoms with Crippen LogP contribution < -0.4 is 11.2 Å². The van der Waals surface area contributed by atoms with Gasteiger partial charge in [-0.1, -0.05) is 31.2 Å². The van der Waals surface area contributed by atoms with E-state index in [1.165, 1.54) is 13.1 Å². The highest BCUT2D eigenvalue weighted by Crippen LogP contribution is 2.13. The molecule has 1 aromatic heterocycles. The molecular formula is C12H17N3O4. The molecule has 104 valence electrons. The van der Waals surface area contributed by atoms with Gasteiger partial charge in [0.05, 0.1) is 5.71 Å². The molecule has 0 aliphatic rings. The average molecular weight is 267 g/mol. The molecule has 1 aromatic rings. The summed E-state index contributed by atoms with van der Waals surface area (Å²) in [5.41, 5.74) is -1.13. The molecule has 0 saturated carbocycles. The van der Waals surface area contributed by atoms with E-state index in [2.05, 4.69) is 16.7 Å². The van der Waals surface area contributed by atoms with E-state index in [1.54, 1.807) is 0 Å². The molecule has 0 fully saturated rings. The van der Waals surface area contributed by atoms with Crippen LogP contribution in [-0.4, -0.2) is 27.0 Å². The van der Waals surface area contributed by atoms with E-state index < -0.39 is 17.1 Å². The summed E-state index contributed by atoms with van der Waals surface area (Å²) in [4.78, 5) is 30.2. The van der Waals surface area contributed by atoms with Gasteiger partial charge in [-0.15, -0.1) is 0 Å². The van der Waals surface area contributed by atoms with Crippen molar-refractivity contribution in [1.29, 1.82) is 0 Å². The van der Waals surface area contributed by atoms with Gasteiger partial charge < -0.3 is 9.94 Å². The number of oxime groups is 1. The lowest BCUT2D eigenvalue weighted by Gasteiger charge is -2.08. The van der Waals surface area contributed by atoms with Crippen LogP contribution in [-0.2, 0) is 11.9 Å². The molecule has 0 spiro atoms. The first-order valence-corrected chi connectivity index (χ1v) is 5.85. The number of nitrogens with zero attached hydrogens (tertiary/aromatic N) is 2. The van der Waals surface area contributed by atoms with Crippen LogP contribution >= 0.6 is 0 Å². The van der Waals surface area contributed by atoms with Crippen LogP contribution in [0.3, 0.4) is 0 Å². The normalized spacial score (nSPS) is 11.4. The predicted octanol–water partition coefficient (Wildman–Crippen LogP) is 0.486. The van der Waals surface area contributed by atoms with Gasteiger partial charge in [-0.25, -0.2) is 4.79 Å². The zero-order valence-electron chi connectivity index (χ0n) is 11.0. The van der Waals surface area contributed by atoms with Crippen LogP contribution in [0.5, 0.6) is 5.88 Å². The Morgan fingerprint density at radius 1 is 1.58 bits per heavy atom.